The Bertz CT molecular complexity index is 1010. The van der Waals surface area contributed by atoms with E-state index in [-0.39, 0.29) is 22.0 Å². The molecule has 1 N–H and O–H groups in total. The molecule has 0 spiro atoms. The number of aromatic nitrogens is 2. The minimum atomic E-state index is -4.73. The molecule has 3 rings (SSSR count). The molecular weight excluding hydrogens is 389 g/mol. The number of alkyl halides is 3. The lowest BCUT2D eigenvalue weighted by Gasteiger charge is -2.10. The molecule has 0 radical (unpaired) electrons. The van der Waals surface area contributed by atoms with Crippen LogP contribution in [0.25, 0.3) is 10.9 Å². The molecule has 1 heterocycles. The SMILES string of the molecule is O=C(CSc1nc(C(F)(F)F)nc2ccccc12)Nc1ccc(F)c(F)c1. The van der Waals surface area contributed by atoms with Crippen LogP contribution in [-0.2, 0) is 11.0 Å². The van der Waals surface area contributed by atoms with Crippen molar-refractivity contribution in [2.75, 3.05) is 11.1 Å². The van der Waals surface area contributed by atoms with Crippen molar-refractivity contribution in [2.24, 2.45) is 0 Å². The maximum absolute atomic E-state index is 13.2. The second kappa shape index (κ2) is 7.47. The van der Waals surface area contributed by atoms with Gasteiger partial charge in [-0.1, -0.05) is 30.0 Å². The van der Waals surface area contributed by atoms with E-state index in [4.69, 9.17) is 0 Å². The quantitative estimate of drug-likeness (QED) is 0.394. The van der Waals surface area contributed by atoms with Gasteiger partial charge in [0.2, 0.25) is 11.7 Å². The van der Waals surface area contributed by atoms with Crippen LogP contribution >= 0.6 is 11.8 Å². The van der Waals surface area contributed by atoms with Crippen LogP contribution in [0.2, 0.25) is 0 Å². The Kier molecular flexibility index (Phi) is 5.26. The third-order valence-electron chi connectivity index (χ3n) is 3.37. The van der Waals surface area contributed by atoms with Gasteiger partial charge < -0.3 is 5.32 Å². The first kappa shape index (κ1) is 19.0. The Balaban J connectivity index is 1.79. The number of hydrogen-bond donors (Lipinski definition) is 1. The number of fused-ring (bicyclic) bond motifs is 1. The van der Waals surface area contributed by atoms with E-state index in [0.29, 0.717) is 5.39 Å². The Labute approximate surface area is 153 Å². The molecule has 0 atom stereocenters. The average molecular weight is 399 g/mol. The largest absolute Gasteiger partial charge is 0.451 e. The Morgan fingerprint density at radius 2 is 1.78 bits per heavy atom. The van der Waals surface area contributed by atoms with Crippen LogP contribution in [0.5, 0.6) is 0 Å². The van der Waals surface area contributed by atoms with E-state index < -0.39 is 29.5 Å². The van der Waals surface area contributed by atoms with Crippen molar-refractivity contribution in [3.63, 3.8) is 0 Å². The average Bonchev–Trinajstić information content (AvgIpc) is 2.62. The highest BCUT2D eigenvalue weighted by molar-refractivity contribution is 8.00. The van der Waals surface area contributed by atoms with Crippen LogP contribution in [0.3, 0.4) is 0 Å². The topological polar surface area (TPSA) is 54.9 Å². The van der Waals surface area contributed by atoms with Crippen molar-refractivity contribution >= 4 is 34.3 Å². The number of anilines is 1. The number of benzene rings is 2. The lowest BCUT2D eigenvalue weighted by atomic mass is 10.2. The van der Waals surface area contributed by atoms with Gasteiger partial charge in [0.15, 0.2) is 11.6 Å². The molecule has 1 amide bonds. The summed E-state index contributed by atoms with van der Waals surface area (Å²) in [5.74, 6) is -4.38. The molecule has 0 aliphatic heterocycles. The number of nitrogens with zero attached hydrogens (tertiary/aromatic N) is 2. The fraction of sp³-hybridized carbons (Fsp3) is 0.118. The molecule has 2 aromatic carbocycles. The summed E-state index contributed by atoms with van der Waals surface area (Å²) in [5, 5.41) is 2.71. The number of para-hydroxylation sites is 1. The van der Waals surface area contributed by atoms with Gasteiger partial charge in [-0.2, -0.15) is 13.2 Å². The molecule has 1 aromatic heterocycles. The zero-order chi connectivity index (χ0) is 19.6. The van der Waals surface area contributed by atoms with E-state index in [2.05, 4.69) is 15.3 Å². The first-order chi connectivity index (χ1) is 12.7. The summed E-state index contributed by atoms with van der Waals surface area (Å²) in [4.78, 5) is 19.0. The van der Waals surface area contributed by atoms with Gasteiger partial charge in [0.1, 0.15) is 5.03 Å². The van der Waals surface area contributed by atoms with E-state index >= 15 is 0 Å². The molecular formula is C17H10F5N3OS. The van der Waals surface area contributed by atoms with Crippen molar-refractivity contribution in [1.29, 1.82) is 0 Å². The van der Waals surface area contributed by atoms with E-state index in [1.807, 2.05) is 0 Å². The predicted molar refractivity (Wildman–Crippen MR) is 90.3 cm³/mol. The maximum atomic E-state index is 13.2. The van der Waals surface area contributed by atoms with Crippen molar-refractivity contribution in [1.82, 2.24) is 9.97 Å². The molecule has 0 fully saturated rings. The second-order valence-corrected chi connectivity index (χ2v) is 6.30. The van der Waals surface area contributed by atoms with Gasteiger partial charge in [0.05, 0.1) is 11.3 Å². The Morgan fingerprint density at radius 1 is 1.04 bits per heavy atom. The van der Waals surface area contributed by atoms with Crippen LogP contribution in [-0.4, -0.2) is 21.6 Å². The third kappa shape index (κ3) is 4.51. The number of carbonyl (C=O) groups is 1. The van der Waals surface area contributed by atoms with Gasteiger partial charge in [0, 0.05) is 17.1 Å². The second-order valence-electron chi connectivity index (χ2n) is 5.33. The number of hydrogen-bond acceptors (Lipinski definition) is 4. The van der Waals surface area contributed by atoms with Gasteiger partial charge in [-0.15, -0.1) is 0 Å². The normalized spacial score (nSPS) is 11.6. The summed E-state index contributed by atoms with van der Waals surface area (Å²) < 4.78 is 65.0. The van der Waals surface area contributed by atoms with Crippen molar-refractivity contribution in [2.45, 2.75) is 11.2 Å². The minimum Gasteiger partial charge on any atom is -0.325 e. The lowest BCUT2D eigenvalue weighted by molar-refractivity contribution is -0.145. The van der Waals surface area contributed by atoms with Crippen molar-refractivity contribution in [3.8, 4) is 0 Å². The van der Waals surface area contributed by atoms with Gasteiger partial charge in [-0.25, -0.2) is 18.7 Å². The predicted octanol–water partition coefficient (Wildman–Crippen LogP) is 4.66. The van der Waals surface area contributed by atoms with E-state index in [1.54, 1.807) is 18.2 Å². The number of thioether (sulfide) groups is 1. The zero-order valence-corrected chi connectivity index (χ0v) is 14.2. The molecule has 0 bridgehead atoms. The Morgan fingerprint density at radius 3 is 2.48 bits per heavy atom. The van der Waals surface area contributed by atoms with Crippen LogP contribution in [0.4, 0.5) is 27.6 Å². The summed E-state index contributed by atoms with van der Waals surface area (Å²) in [5.41, 5.74) is 0.131. The van der Waals surface area contributed by atoms with Crippen LogP contribution < -0.4 is 5.32 Å². The molecule has 4 nitrogen and oxygen atoms in total. The highest BCUT2D eigenvalue weighted by atomic mass is 32.2. The molecule has 0 aliphatic rings. The number of carbonyl (C=O) groups excluding carboxylic acids is 1. The number of amides is 1. The van der Waals surface area contributed by atoms with Gasteiger partial charge in [-0.05, 0) is 18.2 Å². The molecule has 27 heavy (non-hydrogen) atoms. The molecule has 0 saturated heterocycles. The van der Waals surface area contributed by atoms with Gasteiger partial charge in [-0.3, -0.25) is 4.79 Å². The number of rotatable bonds is 4. The highest BCUT2D eigenvalue weighted by Crippen LogP contribution is 2.32. The van der Waals surface area contributed by atoms with Crippen LogP contribution in [0.15, 0.2) is 47.5 Å². The molecule has 10 heteroatoms. The van der Waals surface area contributed by atoms with Gasteiger partial charge in [0.25, 0.3) is 0 Å². The molecule has 140 valence electrons. The molecule has 0 saturated carbocycles. The smallest absolute Gasteiger partial charge is 0.325 e. The molecule has 0 unspecified atom stereocenters. The first-order valence-electron chi connectivity index (χ1n) is 7.46. The van der Waals surface area contributed by atoms with Crippen LogP contribution in [0.1, 0.15) is 5.82 Å². The molecule has 3 aromatic rings. The summed E-state index contributed by atoms with van der Waals surface area (Å²) >= 11 is 0.784. The Hall–Kier alpha value is -2.75. The summed E-state index contributed by atoms with van der Waals surface area (Å²) in [6, 6.07) is 8.95. The van der Waals surface area contributed by atoms with Crippen LogP contribution in [0, 0.1) is 11.6 Å². The summed E-state index contributed by atoms with van der Waals surface area (Å²) in [6.45, 7) is 0. The first-order valence-corrected chi connectivity index (χ1v) is 8.44. The maximum Gasteiger partial charge on any atom is 0.451 e. The number of nitrogens with one attached hydrogen (secondary N) is 1. The van der Waals surface area contributed by atoms with Gasteiger partial charge >= 0.3 is 6.18 Å². The van der Waals surface area contributed by atoms with E-state index in [1.165, 1.54) is 12.1 Å². The fourth-order valence-electron chi connectivity index (χ4n) is 2.19. The van der Waals surface area contributed by atoms with Crippen molar-refractivity contribution < 1.29 is 26.7 Å². The summed E-state index contributed by atoms with van der Waals surface area (Å²) in [7, 11) is 0. The monoisotopic (exact) mass is 399 g/mol. The molecule has 0 aliphatic carbocycles. The standard InChI is InChI=1S/C17H10F5N3OS/c18-11-6-5-9(7-12(11)19)23-14(26)8-27-15-10-3-1-2-4-13(10)24-16(25-15)17(20,21)22/h1-7H,8H2,(H,23,26). The number of halogens is 5. The third-order valence-corrected chi connectivity index (χ3v) is 4.36. The zero-order valence-electron chi connectivity index (χ0n) is 13.3. The fourth-order valence-corrected chi connectivity index (χ4v) is 3.01. The highest BCUT2D eigenvalue weighted by Gasteiger charge is 2.35. The van der Waals surface area contributed by atoms with E-state index in [9.17, 15) is 26.7 Å². The lowest BCUT2D eigenvalue weighted by Crippen LogP contribution is -2.15. The minimum absolute atomic E-state index is 0.00615. The summed E-state index contributed by atoms with van der Waals surface area (Å²) in [6.07, 6.45) is -4.73. The van der Waals surface area contributed by atoms with Crippen molar-refractivity contribution in [3.05, 3.63) is 59.9 Å². The van der Waals surface area contributed by atoms with E-state index in [0.717, 1.165) is 23.9 Å².